The van der Waals surface area contributed by atoms with Crippen LogP contribution in [0.4, 0.5) is 27.4 Å². The molecule has 0 aliphatic carbocycles. The van der Waals surface area contributed by atoms with Gasteiger partial charge in [0.15, 0.2) is 5.75 Å². The van der Waals surface area contributed by atoms with Gasteiger partial charge in [-0.05, 0) is 60.7 Å². The minimum atomic E-state index is -0.451. The van der Waals surface area contributed by atoms with Crippen LogP contribution in [0.2, 0.25) is 0 Å². The molecule has 290 valence electrons. The highest BCUT2D eigenvalue weighted by Crippen LogP contribution is 2.38. The Bertz CT molecular complexity index is 2170. The number of carbonyl (C=O) groups is 3. The number of halogens is 1. The molecule has 15 heteroatoms. The number of amides is 3. The van der Waals surface area contributed by atoms with E-state index in [1.807, 2.05) is 48.5 Å². The van der Waals surface area contributed by atoms with E-state index in [1.54, 1.807) is 12.1 Å². The number of piperidine rings is 1. The molecule has 5 aliphatic rings. The summed E-state index contributed by atoms with van der Waals surface area (Å²) in [6, 6.07) is 13.3. The zero-order chi connectivity index (χ0) is 38.3. The average Bonchev–Trinajstić information content (AvgIpc) is 3.19. The molecular weight excluding hydrogens is 718 g/mol. The summed E-state index contributed by atoms with van der Waals surface area (Å²) in [5.74, 6) is 0.344. The Morgan fingerprint density at radius 2 is 1.75 bits per heavy atom. The van der Waals surface area contributed by atoms with Gasteiger partial charge in [-0.1, -0.05) is 18.2 Å². The van der Waals surface area contributed by atoms with Gasteiger partial charge in [-0.3, -0.25) is 24.6 Å². The number of hydrogen-bond acceptors (Lipinski definition) is 12. The number of hydrogen-bond donors (Lipinski definition) is 2. The molecule has 1 unspecified atom stereocenters. The zero-order valence-electron chi connectivity index (χ0n) is 31.3. The summed E-state index contributed by atoms with van der Waals surface area (Å²) in [5.41, 5.74) is 6.81. The third-order valence-electron chi connectivity index (χ3n) is 11.7. The van der Waals surface area contributed by atoms with E-state index in [0.29, 0.717) is 80.6 Å². The van der Waals surface area contributed by atoms with E-state index in [9.17, 15) is 14.4 Å². The fraction of sp³-hybridized carbons (Fsp3) is 0.415. The van der Waals surface area contributed by atoms with Crippen LogP contribution in [0, 0.1) is 12.7 Å². The summed E-state index contributed by atoms with van der Waals surface area (Å²) in [6.45, 7) is 8.91. The molecule has 2 aromatic heterocycles. The molecule has 0 saturated carbocycles. The first-order valence-electron chi connectivity index (χ1n) is 19.4. The van der Waals surface area contributed by atoms with Crippen LogP contribution in [-0.2, 0) is 33.8 Å². The molecule has 5 aliphatic heterocycles. The summed E-state index contributed by atoms with van der Waals surface area (Å²) in [4.78, 5) is 59.6. The van der Waals surface area contributed by atoms with Crippen LogP contribution in [0.3, 0.4) is 0 Å². The van der Waals surface area contributed by atoms with Crippen molar-refractivity contribution in [3.05, 3.63) is 88.6 Å². The maximum atomic E-state index is 15.4. The van der Waals surface area contributed by atoms with Gasteiger partial charge in [-0.15, -0.1) is 0 Å². The lowest BCUT2D eigenvalue weighted by Crippen LogP contribution is -2.63. The first-order chi connectivity index (χ1) is 27.3. The molecule has 7 heterocycles. The Kier molecular flexibility index (Phi) is 9.61. The molecule has 0 spiro atoms. The monoisotopic (exact) mass is 761 g/mol. The van der Waals surface area contributed by atoms with Gasteiger partial charge in [-0.25, -0.2) is 19.3 Å². The molecule has 9 rings (SSSR count). The van der Waals surface area contributed by atoms with Crippen LogP contribution in [-0.4, -0.2) is 108 Å². The second kappa shape index (κ2) is 15.0. The van der Waals surface area contributed by atoms with Gasteiger partial charge in [0.1, 0.15) is 19.0 Å². The van der Waals surface area contributed by atoms with Gasteiger partial charge < -0.3 is 29.5 Å². The maximum absolute atomic E-state index is 15.4. The highest BCUT2D eigenvalue weighted by Gasteiger charge is 2.35. The number of nitrogens with zero attached hydrogens (tertiary/aromatic N) is 7. The van der Waals surface area contributed by atoms with Gasteiger partial charge in [0.2, 0.25) is 23.7 Å². The number of benzene rings is 2. The van der Waals surface area contributed by atoms with Crippen LogP contribution in [0.25, 0.3) is 0 Å². The number of pyridine rings is 1. The summed E-state index contributed by atoms with van der Waals surface area (Å²) in [7, 11) is 0. The second-order valence-electron chi connectivity index (χ2n) is 15.1. The van der Waals surface area contributed by atoms with Crippen LogP contribution < -0.4 is 29.9 Å². The van der Waals surface area contributed by atoms with Crippen LogP contribution in [0.1, 0.15) is 46.7 Å². The van der Waals surface area contributed by atoms with Crippen molar-refractivity contribution in [3.8, 4) is 11.6 Å². The van der Waals surface area contributed by atoms with E-state index < -0.39 is 5.82 Å². The van der Waals surface area contributed by atoms with Crippen molar-refractivity contribution in [2.24, 2.45) is 0 Å². The standard InChI is InChI=1S/C41H44FN9O5/c1-25-35(21-43-40-38(25)55-16-17-56-40)50-11-10-28-20-44-41(46-34(28)24-50)45-29-5-2-27(33(42)19-29)18-37(53)49-14-12-48(13-15-49)31-22-51(23-31)30-6-3-26(4-7-30)32-8-9-36(52)47-39(32)54/h2-7,19-21,31-32H,8-18,22-24H2,1H3,(H,44,45,46)(H,47,52,54). The number of piperazine rings is 1. The van der Waals surface area contributed by atoms with Crippen LogP contribution in [0.15, 0.2) is 54.9 Å². The number of fused-ring (bicyclic) bond motifs is 2. The zero-order valence-corrected chi connectivity index (χ0v) is 31.3. The van der Waals surface area contributed by atoms with E-state index in [2.05, 4.69) is 35.3 Å². The van der Waals surface area contributed by atoms with E-state index in [1.165, 1.54) is 6.07 Å². The smallest absolute Gasteiger partial charge is 0.257 e. The number of aromatic nitrogens is 3. The third-order valence-corrected chi connectivity index (χ3v) is 11.7. The van der Waals surface area contributed by atoms with E-state index in [-0.39, 0.29) is 30.1 Å². The molecule has 0 bridgehead atoms. The van der Waals surface area contributed by atoms with E-state index in [4.69, 9.17) is 14.5 Å². The van der Waals surface area contributed by atoms with Gasteiger partial charge in [0, 0.05) is 81.4 Å². The number of anilines is 4. The summed E-state index contributed by atoms with van der Waals surface area (Å²) < 4.78 is 26.9. The van der Waals surface area contributed by atoms with Gasteiger partial charge in [0.25, 0.3) is 5.88 Å². The lowest BCUT2D eigenvalue weighted by molar-refractivity contribution is -0.134. The van der Waals surface area contributed by atoms with Crippen molar-refractivity contribution in [3.63, 3.8) is 0 Å². The molecule has 1 atom stereocenters. The predicted molar refractivity (Wildman–Crippen MR) is 206 cm³/mol. The highest BCUT2D eigenvalue weighted by atomic mass is 19.1. The lowest BCUT2D eigenvalue weighted by Gasteiger charge is -2.49. The first kappa shape index (κ1) is 35.8. The molecule has 2 N–H and O–H groups in total. The van der Waals surface area contributed by atoms with Crippen LogP contribution >= 0.6 is 0 Å². The van der Waals surface area contributed by atoms with Crippen LogP contribution in [0.5, 0.6) is 11.6 Å². The quantitative estimate of drug-likeness (QED) is 0.254. The molecular formula is C41H44FN9O5. The number of rotatable bonds is 8. The van der Waals surface area contributed by atoms with E-state index in [0.717, 1.165) is 72.9 Å². The molecule has 0 radical (unpaired) electrons. The van der Waals surface area contributed by atoms with Gasteiger partial charge in [-0.2, -0.15) is 0 Å². The predicted octanol–water partition coefficient (Wildman–Crippen LogP) is 3.49. The number of carbonyl (C=O) groups excluding carboxylic acids is 3. The van der Waals surface area contributed by atoms with Crippen molar-refractivity contribution in [1.29, 1.82) is 0 Å². The second-order valence-corrected chi connectivity index (χ2v) is 15.1. The first-order valence-corrected chi connectivity index (χ1v) is 19.4. The van der Waals surface area contributed by atoms with Crippen molar-refractivity contribution in [2.45, 2.75) is 51.1 Å². The Morgan fingerprint density at radius 1 is 0.946 bits per heavy atom. The minimum absolute atomic E-state index is 0.00253. The molecule has 4 aromatic rings. The highest BCUT2D eigenvalue weighted by molar-refractivity contribution is 6.01. The number of ether oxygens (including phenoxy) is 2. The van der Waals surface area contributed by atoms with Crippen molar-refractivity contribution in [1.82, 2.24) is 30.1 Å². The molecule has 3 amide bonds. The number of imide groups is 1. The largest absolute Gasteiger partial charge is 0.484 e. The van der Waals surface area contributed by atoms with Gasteiger partial charge in [0.05, 0.1) is 36.5 Å². The summed E-state index contributed by atoms with van der Waals surface area (Å²) in [6.07, 6.45) is 5.33. The Morgan fingerprint density at radius 3 is 2.54 bits per heavy atom. The average molecular weight is 762 g/mol. The lowest BCUT2D eigenvalue weighted by atomic mass is 9.90. The Balaban J connectivity index is 0.747. The third kappa shape index (κ3) is 7.18. The normalized spacial score (nSPS) is 20.0. The number of nitrogens with one attached hydrogen (secondary N) is 2. The SMILES string of the molecule is Cc1c(N2CCc3cnc(Nc4ccc(CC(=O)N5CCN(C6CN(c7ccc(C8CCC(=O)NC8=O)cc7)C6)CC5)c(F)c4)nc3C2)cnc2c1OCCO2. The Labute approximate surface area is 324 Å². The van der Waals surface area contributed by atoms with Crippen molar-refractivity contribution >= 4 is 40.7 Å². The van der Waals surface area contributed by atoms with E-state index >= 15 is 4.39 Å². The summed E-state index contributed by atoms with van der Waals surface area (Å²) in [5, 5.41) is 5.58. The van der Waals surface area contributed by atoms with Crippen molar-refractivity contribution < 1.29 is 28.2 Å². The Hall–Kier alpha value is -5.83. The minimum Gasteiger partial charge on any atom is -0.484 e. The molecule has 2 aromatic carbocycles. The fourth-order valence-corrected chi connectivity index (χ4v) is 8.33. The molecule has 56 heavy (non-hydrogen) atoms. The topological polar surface area (TPSA) is 145 Å². The maximum Gasteiger partial charge on any atom is 0.257 e. The fourth-order valence-electron chi connectivity index (χ4n) is 8.33. The molecule has 14 nitrogen and oxygen atoms in total. The molecule has 3 saturated heterocycles. The van der Waals surface area contributed by atoms with Gasteiger partial charge >= 0.3 is 0 Å². The van der Waals surface area contributed by atoms with Crippen molar-refractivity contribution in [2.75, 3.05) is 74.1 Å². The summed E-state index contributed by atoms with van der Waals surface area (Å²) >= 11 is 0. The molecule has 3 fully saturated rings.